The predicted molar refractivity (Wildman–Crippen MR) is 85.7 cm³/mol. The number of carbonyl (C=O) groups is 1. The molecule has 0 aliphatic carbocycles. The Kier molecular flexibility index (Phi) is 4.19. The normalized spacial score (nSPS) is 17.3. The summed E-state index contributed by atoms with van der Waals surface area (Å²) in [4.78, 5) is 19.7. The number of halogens is 2. The molecular formula is C17H18F2N2OS. The van der Waals surface area contributed by atoms with E-state index >= 15 is 0 Å². The van der Waals surface area contributed by atoms with Crippen molar-refractivity contribution in [2.24, 2.45) is 0 Å². The molecular weight excluding hydrogens is 318 g/mol. The summed E-state index contributed by atoms with van der Waals surface area (Å²) in [5, 5.41) is 1.08. The van der Waals surface area contributed by atoms with Crippen LogP contribution in [0.3, 0.4) is 0 Å². The highest BCUT2D eigenvalue weighted by Gasteiger charge is 2.36. The van der Waals surface area contributed by atoms with E-state index in [1.54, 1.807) is 16.2 Å². The molecule has 23 heavy (non-hydrogen) atoms. The lowest BCUT2D eigenvalue weighted by Crippen LogP contribution is -2.44. The summed E-state index contributed by atoms with van der Waals surface area (Å²) in [6, 6.07) is 2.98. The van der Waals surface area contributed by atoms with Crippen molar-refractivity contribution in [1.82, 2.24) is 9.88 Å². The summed E-state index contributed by atoms with van der Waals surface area (Å²) in [5.74, 6) is -1.73. The minimum atomic E-state index is -0.680. The van der Waals surface area contributed by atoms with Crippen molar-refractivity contribution >= 4 is 17.2 Å². The van der Waals surface area contributed by atoms with Crippen LogP contribution in [0.25, 0.3) is 0 Å². The first-order valence-corrected chi connectivity index (χ1v) is 8.38. The average molecular weight is 336 g/mol. The van der Waals surface area contributed by atoms with Crippen LogP contribution in [0.15, 0.2) is 24.4 Å². The zero-order valence-corrected chi connectivity index (χ0v) is 13.9. The van der Waals surface area contributed by atoms with Crippen molar-refractivity contribution in [2.45, 2.75) is 32.1 Å². The molecule has 0 N–H and O–H groups in total. The van der Waals surface area contributed by atoms with E-state index in [1.165, 1.54) is 4.88 Å². The maximum atomic E-state index is 13.8. The average Bonchev–Trinajstić information content (AvgIpc) is 2.97. The largest absolute Gasteiger partial charge is 0.338 e. The van der Waals surface area contributed by atoms with Gasteiger partial charge < -0.3 is 4.90 Å². The Balaban J connectivity index is 1.73. The van der Waals surface area contributed by atoms with Crippen molar-refractivity contribution in [3.63, 3.8) is 0 Å². The molecule has 1 saturated heterocycles. The minimum Gasteiger partial charge on any atom is -0.338 e. The number of amides is 1. The van der Waals surface area contributed by atoms with Gasteiger partial charge in [0.2, 0.25) is 0 Å². The third-order valence-corrected chi connectivity index (χ3v) is 5.67. The number of nitrogens with zero attached hydrogens (tertiary/aromatic N) is 2. The van der Waals surface area contributed by atoms with Crippen molar-refractivity contribution in [1.29, 1.82) is 0 Å². The molecule has 0 saturated carbocycles. The molecule has 1 aliphatic heterocycles. The van der Waals surface area contributed by atoms with Gasteiger partial charge in [-0.25, -0.2) is 13.8 Å². The van der Waals surface area contributed by atoms with Gasteiger partial charge in [-0.1, -0.05) is 6.92 Å². The predicted octanol–water partition coefficient (Wildman–Crippen LogP) is 3.92. The third-order valence-electron chi connectivity index (χ3n) is 4.45. The Morgan fingerprint density at radius 1 is 1.30 bits per heavy atom. The van der Waals surface area contributed by atoms with E-state index in [0.717, 1.165) is 36.0 Å². The van der Waals surface area contributed by atoms with Gasteiger partial charge in [0.25, 0.3) is 5.91 Å². The van der Waals surface area contributed by atoms with Gasteiger partial charge in [0.1, 0.15) is 11.6 Å². The molecule has 3 nitrogen and oxygen atoms in total. The van der Waals surface area contributed by atoms with Crippen LogP contribution in [0.4, 0.5) is 8.78 Å². The summed E-state index contributed by atoms with van der Waals surface area (Å²) in [7, 11) is 0. The Bertz CT molecular complexity index is 736. The van der Waals surface area contributed by atoms with Gasteiger partial charge in [-0.2, -0.15) is 0 Å². The first-order chi connectivity index (χ1) is 10.9. The van der Waals surface area contributed by atoms with Crippen LogP contribution >= 0.6 is 11.3 Å². The monoisotopic (exact) mass is 336 g/mol. The molecule has 1 fully saturated rings. The molecule has 1 amide bonds. The van der Waals surface area contributed by atoms with Gasteiger partial charge >= 0.3 is 0 Å². The molecule has 3 rings (SSSR count). The number of thiazole rings is 1. The van der Waals surface area contributed by atoms with Crippen LogP contribution in [0.5, 0.6) is 0 Å². The maximum absolute atomic E-state index is 13.8. The molecule has 0 atom stereocenters. The van der Waals surface area contributed by atoms with Crippen LogP contribution in [0.2, 0.25) is 0 Å². The lowest BCUT2D eigenvalue weighted by molar-refractivity contribution is 0.0670. The standard InChI is InChI=1S/C17H18F2N2OS/c1-11-10-20-16(23-11)17(2)5-7-21(8-6-17)15(22)13-9-12(18)3-4-14(13)19/h3-4,9-10H,5-8H2,1-2H3. The molecule has 0 bridgehead atoms. The fourth-order valence-corrected chi connectivity index (χ4v) is 3.85. The number of carbonyl (C=O) groups excluding carboxylic acids is 1. The summed E-state index contributed by atoms with van der Waals surface area (Å²) in [6.07, 6.45) is 3.40. The van der Waals surface area contributed by atoms with Gasteiger partial charge in [0, 0.05) is 29.6 Å². The number of rotatable bonds is 2. The third kappa shape index (κ3) is 3.13. The van der Waals surface area contributed by atoms with Gasteiger partial charge in [-0.3, -0.25) is 4.79 Å². The van der Waals surface area contributed by atoms with E-state index in [2.05, 4.69) is 11.9 Å². The topological polar surface area (TPSA) is 33.2 Å². The van der Waals surface area contributed by atoms with E-state index in [1.807, 2.05) is 13.1 Å². The summed E-state index contributed by atoms with van der Waals surface area (Å²) >= 11 is 1.68. The summed E-state index contributed by atoms with van der Waals surface area (Å²) in [5.41, 5.74) is -0.255. The molecule has 0 spiro atoms. The van der Waals surface area contributed by atoms with Gasteiger partial charge in [-0.15, -0.1) is 11.3 Å². The summed E-state index contributed by atoms with van der Waals surface area (Å²) in [6.45, 7) is 5.21. The van der Waals surface area contributed by atoms with Crippen LogP contribution in [0.1, 0.15) is 40.0 Å². The maximum Gasteiger partial charge on any atom is 0.256 e. The quantitative estimate of drug-likeness (QED) is 0.833. The SMILES string of the molecule is Cc1cnc(C2(C)CCN(C(=O)c3cc(F)ccc3F)CC2)s1. The molecule has 0 radical (unpaired) electrons. The Labute approximate surface area is 138 Å². The number of benzene rings is 1. The zero-order chi connectivity index (χ0) is 16.6. The number of likely N-dealkylation sites (tertiary alicyclic amines) is 1. The van der Waals surface area contributed by atoms with E-state index < -0.39 is 17.5 Å². The van der Waals surface area contributed by atoms with Gasteiger partial charge in [0.15, 0.2) is 0 Å². The zero-order valence-electron chi connectivity index (χ0n) is 13.1. The van der Waals surface area contributed by atoms with E-state index in [0.29, 0.717) is 13.1 Å². The van der Waals surface area contributed by atoms with Crippen molar-refractivity contribution < 1.29 is 13.6 Å². The first-order valence-electron chi connectivity index (χ1n) is 7.56. The highest BCUT2D eigenvalue weighted by atomic mass is 32.1. The Morgan fingerprint density at radius 2 is 2.00 bits per heavy atom. The first kappa shape index (κ1) is 16.1. The van der Waals surface area contributed by atoms with Gasteiger partial charge in [-0.05, 0) is 38.0 Å². The minimum absolute atomic E-state index is 0.0593. The highest BCUT2D eigenvalue weighted by molar-refractivity contribution is 7.11. The molecule has 1 aromatic carbocycles. The number of hydrogen-bond donors (Lipinski definition) is 0. The molecule has 2 aromatic rings. The van der Waals surface area contributed by atoms with Crippen molar-refractivity contribution in [2.75, 3.05) is 13.1 Å². The van der Waals surface area contributed by atoms with Crippen LogP contribution in [0, 0.1) is 18.6 Å². The Hall–Kier alpha value is -1.82. The second-order valence-electron chi connectivity index (χ2n) is 6.25. The van der Waals surface area contributed by atoms with Crippen LogP contribution in [-0.4, -0.2) is 28.9 Å². The van der Waals surface area contributed by atoms with Crippen LogP contribution in [-0.2, 0) is 5.41 Å². The van der Waals surface area contributed by atoms with Gasteiger partial charge in [0.05, 0.1) is 10.6 Å². The number of piperidine rings is 1. The van der Waals surface area contributed by atoms with Crippen LogP contribution < -0.4 is 0 Å². The highest BCUT2D eigenvalue weighted by Crippen LogP contribution is 2.37. The lowest BCUT2D eigenvalue weighted by Gasteiger charge is -2.38. The number of hydrogen-bond acceptors (Lipinski definition) is 3. The molecule has 0 unspecified atom stereocenters. The lowest BCUT2D eigenvalue weighted by atomic mass is 9.81. The summed E-state index contributed by atoms with van der Waals surface area (Å²) < 4.78 is 27.0. The van der Waals surface area contributed by atoms with E-state index in [9.17, 15) is 13.6 Å². The molecule has 122 valence electrons. The fraction of sp³-hybridized carbons (Fsp3) is 0.412. The second kappa shape index (κ2) is 6.00. The second-order valence-corrected chi connectivity index (χ2v) is 7.49. The smallest absolute Gasteiger partial charge is 0.256 e. The molecule has 1 aliphatic rings. The van der Waals surface area contributed by atoms with E-state index in [4.69, 9.17) is 0 Å². The number of aromatic nitrogens is 1. The van der Waals surface area contributed by atoms with Crippen molar-refractivity contribution in [3.05, 3.63) is 51.5 Å². The molecule has 2 heterocycles. The van der Waals surface area contributed by atoms with Crippen molar-refractivity contribution in [3.8, 4) is 0 Å². The van der Waals surface area contributed by atoms with E-state index in [-0.39, 0.29) is 11.0 Å². The number of aryl methyl sites for hydroxylation is 1. The molecule has 6 heteroatoms. The fourth-order valence-electron chi connectivity index (χ4n) is 2.88. The Morgan fingerprint density at radius 3 is 2.61 bits per heavy atom. The molecule has 1 aromatic heterocycles.